The summed E-state index contributed by atoms with van der Waals surface area (Å²) in [6.45, 7) is 7.84. The minimum atomic E-state index is -0.521. The first-order chi connectivity index (χ1) is 7.73. The van der Waals surface area contributed by atoms with E-state index in [0.717, 1.165) is 0 Å². The van der Waals surface area contributed by atoms with E-state index in [2.05, 4.69) is 5.32 Å². The summed E-state index contributed by atoms with van der Waals surface area (Å²) in [6.07, 6.45) is 0.634. The van der Waals surface area contributed by atoms with Crippen LogP contribution in [0.2, 0.25) is 0 Å². The van der Waals surface area contributed by atoms with E-state index in [1.165, 1.54) is 4.90 Å². The highest BCUT2D eigenvalue weighted by Crippen LogP contribution is 2.04. The Kier molecular flexibility index (Phi) is 6.80. The minimum absolute atomic E-state index is 0.0583. The number of nitrogens with two attached hydrogens (primary N) is 1. The second-order valence-corrected chi connectivity index (χ2v) is 5.15. The SMILES string of the molecule is CC(C)C[C@@H](N)C(=O)N(C)CC(=O)NC(C)C. The van der Waals surface area contributed by atoms with Crippen molar-refractivity contribution < 1.29 is 9.59 Å². The first-order valence-electron chi connectivity index (χ1n) is 6.04. The maximum atomic E-state index is 11.8. The van der Waals surface area contributed by atoms with E-state index in [4.69, 9.17) is 5.73 Å². The van der Waals surface area contributed by atoms with Crippen molar-refractivity contribution in [1.82, 2.24) is 10.2 Å². The Bertz CT molecular complexity index is 264. The number of carbonyl (C=O) groups excluding carboxylic acids is 2. The van der Waals surface area contributed by atoms with Gasteiger partial charge in [0.15, 0.2) is 0 Å². The van der Waals surface area contributed by atoms with Crippen molar-refractivity contribution in [2.45, 2.75) is 46.2 Å². The second kappa shape index (κ2) is 7.27. The van der Waals surface area contributed by atoms with Crippen LogP contribution in [0.5, 0.6) is 0 Å². The average molecular weight is 243 g/mol. The summed E-state index contributed by atoms with van der Waals surface area (Å²) in [6, 6.07) is -0.442. The third-order valence-electron chi connectivity index (χ3n) is 2.25. The van der Waals surface area contributed by atoms with E-state index in [9.17, 15) is 9.59 Å². The molecule has 0 rings (SSSR count). The fourth-order valence-corrected chi connectivity index (χ4v) is 1.55. The van der Waals surface area contributed by atoms with Crippen molar-refractivity contribution in [2.75, 3.05) is 13.6 Å². The van der Waals surface area contributed by atoms with Crippen LogP contribution >= 0.6 is 0 Å². The van der Waals surface area contributed by atoms with Gasteiger partial charge in [-0.25, -0.2) is 0 Å². The van der Waals surface area contributed by atoms with Crippen LogP contribution in [0, 0.1) is 5.92 Å². The van der Waals surface area contributed by atoms with Gasteiger partial charge in [-0.3, -0.25) is 9.59 Å². The van der Waals surface area contributed by atoms with Gasteiger partial charge in [0.25, 0.3) is 0 Å². The molecular formula is C12H25N3O2. The molecule has 5 heteroatoms. The Morgan fingerprint density at radius 3 is 2.18 bits per heavy atom. The van der Waals surface area contributed by atoms with Gasteiger partial charge >= 0.3 is 0 Å². The molecule has 0 aromatic rings. The molecule has 3 N–H and O–H groups in total. The van der Waals surface area contributed by atoms with Gasteiger partial charge in [-0.2, -0.15) is 0 Å². The van der Waals surface area contributed by atoms with Crippen molar-refractivity contribution >= 4 is 11.8 Å². The maximum absolute atomic E-state index is 11.8. The van der Waals surface area contributed by atoms with Crippen LogP contribution in [0.25, 0.3) is 0 Å². The summed E-state index contributed by atoms with van der Waals surface area (Å²) in [4.78, 5) is 24.7. The zero-order chi connectivity index (χ0) is 13.6. The summed E-state index contributed by atoms with van der Waals surface area (Å²) < 4.78 is 0. The number of hydrogen-bond acceptors (Lipinski definition) is 3. The smallest absolute Gasteiger partial charge is 0.239 e. The number of hydrogen-bond donors (Lipinski definition) is 2. The lowest BCUT2D eigenvalue weighted by Gasteiger charge is -2.22. The van der Waals surface area contributed by atoms with Crippen LogP contribution in [-0.4, -0.2) is 42.4 Å². The zero-order valence-electron chi connectivity index (χ0n) is 11.5. The van der Waals surface area contributed by atoms with Gasteiger partial charge in [-0.1, -0.05) is 13.8 Å². The molecule has 0 aliphatic heterocycles. The molecule has 100 valence electrons. The van der Waals surface area contributed by atoms with Crippen LogP contribution in [0.1, 0.15) is 34.1 Å². The Morgan fingerprint density at radius 2 is 1.76 bits per heavy atom. The van der Waals surface area contributed by atoms with Crippen molar-refractivity contribution in [3.05, 3.63) is 0 Å². The fourth-order valence-electron chi connectivity index (χ4n) is 1.55. The largest absolute Gasteiger partial charge is 0.352 e. The molecule has 0 aliphatic rings. The van der Waals surface area contributed by atoms with Crippen LogP contribution in [0.3, 0.4) is 0 Å². The molecule has 0 bridgehead atoms. The molecule has 0 heterocycles. The number of carbonyl (C=O) groups is 2. The Morgan fingerprint density at radius 1 is 1.24 bits per heavy atom. The highest BCUT2D eigenvalue weighted by atomic mass is 16.2. The Balaban J connectivity index is 4.17. The topological polar surface area (TPSA) is 75.4 Å². The highest BCUT2D eigenvalue weighted by molar-refractivity contribution is 5.87. The molecule has 0 unspecified atom stereocenters. The summed E-state index contributed by atoms with van der Waals surface area (Å²) >= 11 is 0. The zero-order valence-corrected chi connectivity index (χ0v) is 11.5. The lowest BCUT2D eigenvalue weighted by Crippen LogP contribution is -2.47. The van der Waals surface area contributed by atoms with Crippen LogP contribution in [0.4, 0.5) is 0 Å². The molecular weight excluding hydrogens is 218 g/mol. The van der Waals surface area contributed by atoms with Crippen molar-refractivity contribution in [1.29, 1.82) is 0 Å². The molecule has 0 radical (unpaired) electrons. The van der Waals surface area contributed by atoms with Crippen molar-refractivity contribution in [2.24, 2.45) is 11.7 Å². The third-order valence-corrected chi connectivity index (χ3v) is 2.25. The molecule has 0 aromatic carbocycles. The van der Waals surface area contributed by atoms with E-state index >= 15 is 0 Å². The van der Waals surface area contributed by atoms with E-state index in [0.29, 0.717) is 12.3 Å². The first kappa shape index (κ1) is 15.9. The van der Waals surface area contributed by atoms with Gasteiger partial charge in [0.05, 0.1) is 12.6 Å². The van der Waals surface area contributed by atoms with Gasteiger partial charge in [-0.05, 0) is 26.2 Å². The van der Waals surface area contributed by atoms with Crippen molar-refractivity contribution in [3.8, 4) is 0 Å². The van der Waals surface area contributed by atoms with Crippen LogP contribution in [0.15, 0.2) is 0 Å². The van der Waals surface area contributed by atoms with Crippen LogP contribution < -0.4 is 11.1 Å². The molecule has 0 fully saturated rings. The molecule has 5 nitrogen and oxygen atoms in total. The van der Waals surface area contributed by atoms with E-state index in [1.807, 2.05) is 27.7 Å². The minimum Gasteiger partial charge on any atom is -0.352 e. The fraction of sp³-hybridized carbons (Fsp3) is 0.833. The second-order valence-electron chi connectivity index (χ2n) is 5.15. The predicted molar refractivity (Wildman–Crippen MR) is 68.3 cm³/mol. The van der Waals surface area contributed by atoms with E-state index < -0.39 is 6.04 Å². The molecule has 1 atom stereocenters. The number of likely N-dealkylation sites (N-methyl/N-ethyl adjacent to an activating group) is 1. The summed E-state index contributed by atoms with van der Waals surface area (Å²) in [5, 5.41) is 2.73. The van der Waals surface area contributed by atoms with Gasteiger partial charge in [0.1, 0.15) is 0 Å². The van der Waals surface area contributed by atoms with Crippen LogP contribution in [-0.2, 0) is 9.59 Å². The quantitative estimate of drug-likeness (QED) is 0.706. The standard InChI is InChI=1S/C12H25N3O2/c1-8(2)6-10(13)12(17)15(5)7-11(16)14-9(3)4/h8-10H,6-7,13H2,1-5H3,(H,14,16)/t10-/m1/s1. The maximum Gasteiger partial charge on any atom is 0.239 e. The predicted octanol–water partition coefficient (Wildman–Crippen LogP) is 0.343. The van der Waals surface area contributed by atoms with Crippen molar-refractivity contribution in [3.63, 3.8) is 0 Å². The monoisotopic (exact) mass is 243 g/mol. The van der Waals surface area contributed by atoms with Gasteiger partial charge < -0.3 is 16.0 Å². The number of nitrogens with one attached hydrogen (secondary N) is 1. The third kappa shape index (κ3) is 6.94. The molecule has 0 saturated carbocycles. The number of rotatable bonds is 6. The average Bonchev–Trinajstić information content (AvgIpc) is 2.13. The lowest BCUT2D eigenvalue weighted by molar-refractivity contribution is -0.136. The van der Waals surface area contributed by atoms with Gasteiger partial charge in [0.2, 0.25) is 11.8 Å². The molecule has 0 spiro atoms. The van der Waals surface area contributed by atoms with Gasteiger partial charge in [0, 0.05) is 13.1 Å². The summed E-state index contributed by atoms with van der Waals surface area (Å²) in [7, 11) is 1.60. The summed E-state index contributed by atoms with van der Waals surface area (Å²) in [5.74, 6) is 0.0250. The molecule has 17 heavy (non-hydrogen) atoms. The lowest BCUT2D eigenvalue weighted by atomic mass is 10.0. The molecule has 0 aromatic heterocycles. The van der Waals surface area contributed by atoms with E-state index in [1.54, 1.807) is 7.05 Å². The highest BCUT2D eigenvalue weighted by Gasteiger charge is 2.20. The molecule has 0 aliphatic carbocycles. The first-order valence-corrected chi connectivity index (χ1v) is 6.04. The number of nitrogens with zero attached hydrogens (tertiary/aromatic N) is 1. The molecule has 2 amide bonds. The van der Waals surface area contributed by atoms with E-state index in [-0.39, 0.29) is 24.4 Å². The molecule has 0 saturated heterocycles. The normalized spacial score (nSPS) is 12.7. The Hall–Kier alpha value is -1.10. The van der Waals surface area contributed by atoms with Gasteiger partial charge in [-0.15, -0.1) is 0 Å². The Labute approximate surface area is 104 Å². The summed E-state index contributed by atoms with van der Waals surface area (Å²) in [5.41, 5.74) is 5.77. The number of amides is 2.